The molecule has 1 unspecified atom stereocenters. The molecule has 0 aliphatic carbocycles. The number of allylic oxidation sites excluding steroid dienone is 1. The van der Waals surface area contributed by atoms with Crippen molar-refractivity contribution in [2.24, 2.45) is 0 Å². The number of nitrogens with one attached hydrogen (secondary N) is 1. The fourth-order valence-electron chi connectivity index (χ4n) is 2.89. The maximum atomic E-state index is 5.93. The number of rotatable bonds is 7. The Bertz CT molecular complexity index is 992. The first-order valence-corrected chi connectivity index (χ1v) is 9.24. The Morgan fingerprint density at radius 3 is 2.81 bits per heavy atom. The third-order valence-electron chi connectivity index (χ3n) is 4.32. The molecule has 0 saturated heterocycles. The third-order valence-corrected chi connectivity index (χ3v) is 5.22. The van der Waals surface area contributed by atoms with Gasteiger partial charge in [0.15, 0.2) is 0 Å². The fourth-order valence-corrected chi connectivity index (χ4v) is 3.67. The topological polar surface area (TPSA) is 63.7 Å². The van der Waals surface area contributed by atoms with Crippen molar-refractivity contribution in [3.8, 4) is 5.75 Å². The summed E-state index contributed by atoms with van der Waals surface area (Å²) in [7, 11) is 0. The zero-order valence-electron chi connectivity index (χ0n) is 14.1. The van der Waals surface area contributed by atoms with Gasteiger partial charge in [0.05, 0.1) is 0 Å². The summed E-state index contributed by atoms with van der Waals surface area (Å²) in [6.07, 6.45) is 2.60. The molecule has 0 saturated carbocycles. The first-order chi connectivity index (χ1) is 12.8. The van der Waals surface area contributed by atoms with E-state index in [9.17, 15) is 0 Å². The predicted molar refractivity (Wildman–Crippen MR) is 103 cm³/mol. The van der Waals surface area contributed by atoms with Gasteiger partial charge < -0.3 is 4.74 Å². The van der Waals surface area contributed by atoms with Crippen LogP contribution in [0.15, 0.2) is 66.6 Å². The summed E-state index contributed by atoms with van der Waals surface area (Å²) < 4.78 is 7.23. The monoisotopic (exact) mass is 362 g/mol. The third kappa shape index (κ3) is 3.65. The summed E-state index contributed by atoms with van der Waals surface area (Å²) in [6.45, 7) is 4.48. The molecule has 0 aliphatic heterocycles. The Kier molecular flexibility index (Phi) is 4.75. The van der Waals surface area contributed by atoms with Crippen LogP contribution in [0.25, 0.3) is 10.1 Å². The molecule has 0 radical (unpaired) electrons. The molecule has 2 heterocycles. The second-order valence-corrected chi connectivity index (χ2v) is 6.99. The van der Waals surface area contributed by atoms with Crippen molar-refractivity contribution in [2.45, 2.75) is 18.9 Å². The molecule has 6 heteroatoms. The van der Waals surface area contributed by atoms with E-state index in [1.807, 2.05) is 18.2 Å². The van der Waals surface area contributed by atoms with Crippen molar-refractivity contribution in [3.05, 3.63) is 83.5 Å². The number of H-pyrrole nitrogens is 1. The number of hydrogen-bond donors (Lipinski definition) is 1. The van der Waals surface area contributed by atoms with Crippen LogP contribution in [0.2, 0.25) is 0 Å². The van der Waals surface area contributed by atoms with Crippen molar-refractivity contribution in [1.29, 1.82) is 0 Å². The van der Waals surface area contributed by atoms with Crippen molar-refractivity contribution in [2.75, 3.05) is 0 Å². The number of thiophene rings is 1. The van der Waals surface area contributed by atoms with E-state index in [1.165, 1.54) is 15.6 Å². The molecule has 130 valence electrons. The number of tetrazole rings is 1. The number of aromatic nitrogens is 4. The molecule has 2 aromatic heterocycles. The lowest BCUT2D eigenvalue weighted by Crippen LogP contribution is -2.02. The quantitative estimate of drug-likeness (QED) is 0.492. The van der Waals surface area contributed by atoms with Crippen molar-refractivity contribution >= 4 is 21.4 Å². The molecule has 0 amide bonds. The minimum absolute atomic E-state index is 0.153. The van der Waals surface area contributed by atoms with Gasteiger partial charge in [-0.1, -0.05) is 24.3 Å². The minimum Gasteiger partial charge on any atom is -0.489 e. The molecule has 26 heavy (non-hydrogen) atoms. The Labute approximate surface area is 155 Å². The molecule has 0 spiro atoms. The second kappa shape index (κ2) is 7.49. The lowest BCUT2D eigenvalue weighted by atomic mass is 9.95. The van der Waals surface area contributed by atoms with Crippen LogP contribution in [0.3, 0.4) is 0 Å². The molecular weight excluding hydrogens is 344 g/mol. The number of hydrogen-bond acceptors (Lipinski definition) is 5. The molecule has 5 nitrogen and oxygen atoms in total. The Hall–Kier alpha value is -2.99. The first kappa shape index (κ1) is 16.5. The number of benzene rings is 2. The van der Waals surface area contributed by atoms with E-state index in [0.717, 1.165) is 17.1 Å². The van der Waals surface area contributed by atoms with Gasteiger partial charge in [-0.25, -0.2) is 5.10 Å². The average Bonchev–Trinajstić information content (AvgIpc) is 3.36. The summed E-state index contributed by atoms with van der Waals surface area (Å²) in [5.41, 5.74) is 2.32. The highest BCUT2D eigenvalue weighted by Gasteiger charge is 2.11. The standard InChI is InChI=1S/C20H18N4OS/c1-2-15(12-20-21-23-24-22-20)16-4-6-18(7-5-16)25-13-14-3-8-19-17(11-14)9-10-26-19/h2-11,15H,1,12-13H2,(H,21,22,23,24). The second-order valence-electron chi connectivity index (χ2n) is 6.04. The maximum Gasteiger partial charge on any atom is 0.149 e. The predicted octanol–water partition coefficient (Wildman–Crippen LogP) is 4.51. The van der Waals surface area contributed by atoms with Gasteiger partial charge in [-0.05, 0) is 62.7 Å². The molecule has 4 aromatic rings. The fraction of sp³-hybridized carbons (Fsp3) is 0.150. The van der Waals surface area contributed by atoms with Gasteiger partial charge in [0, 0.05) is 17.0 Å². The van der Waals surface area contributed by atoms with Gasteiger partial charge in [-0.15, -0.1) is 23.0 Å². The number of fused-ring (bicyclic) bond motifs is 1. The zero-order valence-corrected chi connectivity index (χ0v) is 14.9. The van der Waals surface area contributed by atoms with Crippen LogP contribution >= 0.6 is 11.3 Å². The Morgan fingerprint density at radius 1 is 1.15 bits per heavy atom. The van der Waals surface area contributed by atoms with Crippen LogP contribution in [-0.2, 0) is 13.0 Å². The average molecular weight is 362 g/mol. The highest BCUT2D eigenvalue weighted by Crippen LogP contribution is 2.25. The molecule has 0 fully saturated rings. The molecular formula is C20H18N4OS. The van der Waals surface area contributed by atoms with Crippen LogP contribution in [0.1, 0.15) is 22.9 Å². The lowest BCUT2D eigenvalue weighted by Gasteiger charge is -2.12. The van der Waals surface area contributed by atoms with Crippen LogP contribution in [0.4, 0.5) is 0 Å². The van der Waals surface area contributed by atoms with Gasteiger partial charge in [0.2, 0.25) is 0 Å². The smallest absolute Gasteiger partial charge is 0.149 e. The number of nitrogens with zero attached hydrogens (tertiary/aromatic N) is 3. The largest absolute Gasteiger partial charge is 0.489 e. The highest BCUT2D eigenvalue weighted by molar-refractivity contribution is 7.17. The van der Waals surface area contributed by atoms with Crippen LogP contribution in [-0.4, -0.2) is 20.6 Å². The summed E-state index contributed by atoms with van der Waals surface area (Å²) >= 11 is 1.75. The normalized spacial score (nSPS) is 12.2. The Morgan fingerprint density at radius 2 is 2.04 bits per heavy atom. The Balaban J connectivity index is 1.41. The maximum absolute atomic E-state index is 5.93. The van der Waals surface area contributed by atoms with Gasteiger partial charge >= 0.3 is 0 Å². The van der Waals surface area contributed by atoms with E-state index in [4.69, 9.17) is 4.74 Å². The molecule has 2 aromatic carbocycles. The zero-order chi connectivity index (χ0) is 17.8. The van der Waals surface area contributed by atoms with Crippen molar-refractivity contribution in [3.63, 3.8) is 0 Å². The van der Waals surface area contributed by atoms with Gasteiger partial charge in [0.25, 0.3) is 0 Å². The summed E-state index contributed by atoms with van der Waals surface area (Å²) in [6, 6.07) is 16.7. The van der Waals surface area contributed by atoms with E-state index in [1.54, 1.807) is 11.3 Å². The van der Waals surface area contributed by atoms with Gasteiger partial charge in [-0.3, -0.25) is 0 Å². The number of ether oxygens (including phenoxy) is 1. The van der Waals surface area contributed by atoms with Crippen LogP contribution < -0.4 is 4.74 Å². The minimum atomic E-state index is 0.153. The molecule has 4 rings (SSSR count). The molecule has 0 aliphatic rings. The van der Waals surface area contributed by atoms with Crippen LogP contribution in [0, 0.1) is 0 Å². The first-order valence-electron chi connectivity index (χ1n) is 8.36. The summed E-state index contributed by atoms with van der Waals surface area (Å²) in [4.78, 5) is 0. The van der Waals surface area contributed by atoms with E-state index in [0.29, 0.717) is 13.0 Å². The van der Waals surface area contributed by atoms with Crippen molar-refractivity contribution in [1.82, 2.24) is 20.6 Å². The van der Waals surface area contributed by atoms with E-state index in [2.05, 4.69) is 69.0 Å². The van der Waals surface area contributed by atoms with Gasteiger partial charge in [-0.2, -0.15) is 0 Å². The summed E-state index contributed by atoms with van der Waals surface area (Å²) in [5.74, 6) is 1.75. The van der Waals surface area contributed by atoms with Crippen molar-refractivity contribution < 1.29 is 4.74 Å². The highest BCUT2D eigenvalue weighted by atomic mass is 32.1. The van der Waals surface area contributed by atoms with E-state index < -0.39 is 0 Å². The SMILES string of the molecule is C=CC(Cc1nnn[nH]1)c1ccc(OCc2ccc3sccc3c2)cc1. The van der Waals surface area contributed by atoms with Crippen LogP contribution in [0.5, 0.6) is 5.75 Å². The lowest BCUT2D eigenvalue weighted by molar-refractivity contribution is 0.306. The van der Waals surface area contributed by atoms with E-state index in [-0.39, 0.29) is 5.92 Å². The number of aromatic amines is 1. The molecule has 0 bridgehead atoms. The molecule has 1 N–H and O–H groups in total. The summed E-state index contributed by atoms with van der Waals surface area (Å²) in [5, 5.41) is 17.3. The van der Waals surface area contributed by atoms with Gasteiger partial charge in [0.1, 0.15) is 18.2 Å². The van der Waals surface area contributed by atoms with E-state index >= 15 is 0 Å². The molecule has 1 atom stereocenters.